The molecule has 0 aromatic heterocycles. The Morgan fingerprint density at radius 1 is 1.31 bits per heavy atom. The number of hydrogen-bond donors (Lipinski definition) is 2. The number of benzene rings is 1. The first-order chi connectivity index (χ1) is 12.4. The molecule has 26 heavy (non-hydrogen) atoms. The maximum Gasteiger partial charge on any atom is 0.321 e. The molecule has 2 aliphatic heterocycles. The molecule has 3 amide bonds. The number of nitrogens with zero attached hydrogens (tertiary/aromatic N) is 1. The highest BCUT2D eigenvalue weighted by Gasteiger charge is 2.43. The van der Waals surface area contributed by atoms with E-state index in [0.717, 1.165) is 31.2 Å². The lowest BCUT2D eigenvalue weighted by atomic mass is 9.88. The Kier molecular flexibility index (Phi) is 5.73. The smallest absolute Gasteiger partial charge is 0.321 e. The molecule has 2 fully saturated rings. The number of nitrogens with one attached hydrogen (secondary N) is 2. The van der Waals surface area contributed by atoms with E-state index in [1.54, 1.807) is 6.07 Å². The molecule has 1 aromatic carbocycles. The number of urea groups is 1. The number of carbonyl (C=O) groups excluding carboxylic acids is 2. The molecule has 142 valence electrons. The lowest BCUT2D eigenvalue weighted by molar-refractivity contribution is -0.120. The van der Waals surface area contributed by atoms with Crippen molar-refractivity contribution in [3.8, 4) is 0 Å². The van der Waals surface area contributed by atoms with Crippen LogP contribution in [0.2, 0.25) is 5.02 Å². The number of hydrogen-bond acceptors (Lipinski definition) is 3. The van der Waals surface area contributed by atoms with Crippen LogP contribution in [0.1, 0.15) is 38.2 Å². The predicted octanol–water partition coefficient (Wildman–Crippen LogP) is 3.33. The molecule has 1 aromatic rings. The molecule has 0 saturated carbocycles. The number of carbonyl (C=O) groups is 2. The van der Waals surface area contributed by atoms with Gasteiger partial charge in [0.05, 0.1) is 11.7 Å². The van der Waals surface area contributed by atoms with Gasteiger partial charge in [-0.05, 0) is 50.3 Å². The first-order valence-electron chi connectivity index (χ1n) is 9.11. The van der Waals surface area contributed by atoms with Gasteiger partial charge in [-0.3, -0.25) is 4.79 Å². The van der Waals surface area contributed by atoms with Gasteiger partial charge in [0.15, 0.2) is 0 Å². The number of halogens is 1. The van der Waals surface area contributed by atoms with E-state index >= 15 is 0 Å². The van der Waals surface area contributed by atoms with Crippen LogP contribution in [0.5, 0.6) is 0 Å². The van der Waals surface area contributed by atoms with Crippen LogP contribution in [0.15, 0.2) is 18.2 Å². The van der Waals surface area contributed by atoms with Gasteiger partial charge >= 0.3 is 6.03 Å². The third kappa shape index (κ3) is 4.48. The molecule has 7 heteroatoms. The Morgan fingerprint density at radius 2 is 2.04 bits per heavy atom. The summed E-state index contributed by atoms with van der Waals surface area (Å²) in [4.78, 5) is 25.4. The Labute approximate surface area is 159 Å². The van der Waals surface area contributed by atoms with Crippen LogP contribution in [0.4, 0.5) is 10.5 Å². The van der Waals surface area contributed by atoms with Crippen LogP contribution in [0.25, 0.3) is 0 Å². The van der Waals surface area contributed by atoms with Crippen LogP contribution in [-0.4, -0.2) is 48.2 Å². The predicted molar refractivity (Wildman–Crippen MR) is 102 cm³/mol. The van der Waals surface area contributed by atoms with Crippen LogP contribution in [-0.2, 0) is 9.53 Å². The van der Waals surface area contributed by atoms with Crippen LogP contribution >= 0.6 is 11.6 Å². The second-order valence-corrected chi connectivity index (χ2v) is 7.69. The molecule has 1 spiro atoms. The van der Waals surface area contributed by atoms with Gasteiger partial charge in [0.2, 0.25) is 5.91 Å². The van der Waals surface area contributed by atoms with Gasteiger partial charge in [-0.25, -0.2) is 4.79 Å². The molecule has 0 radical (unpaired) electrons. The lowest BCUT2D eigenvalue weighted by Gasteiger charge is -2.39. The van der Waals surface area contributed by atoms with E-state index < -0.39 is 0 Å². The summed E-state index contributed by atoms with van der Waals surface area (Å²) in [6.45, 7) is 5.34. The summed E-state index contributed by atoms with van der Waals surface area (Å²) in [6, 6.07) is 5.42. The average Bonchev–Trinajstić information content (AvgIpc) is 3.00. The fraction of sp³-hybridized carbons (Fsp3) is 0.579. The van der Waals surface area contributed by atoms with Crippen molar-refractivity contribution in [1.29, 1.82) is 0 Å². The monoisotopic (exact) mass is 379 g/mol. The van der Waals surface area contributed by atoms with Crippen molar-refractivity contribution in [1.82, 2.24) is 10.2 Å². The number of aryl methyl sites for hydroxylation is 1. The Bertz CT molecular complexity index is 687. The minimum Gasteiger partial charge on any atom is -0.370 e. The normalized spacial score (nSPS) is 21.7. The van der Waals surface area contributed by atoms with Gasteiger partial charge in [0.25, 0.3) is 0 Å². The SMILES string of the molecule is CC(=O)NCC1CCC2(CCN(C(=O)Nc3ccc(C)c(Cl)c3)CC2)O1. The third-order valence-electron chi connectivity index (χ3n) is 5.30. The summed E-state index contributed by atoms with van der Waals surface area (Å²) in [5.74, 6) is -0.0303. The standard InChI is InChI=1S/C19H26ClN3O3/c1-13-3-4-15(11-17(13)20)22-18(25)23-9-7-19(8-10-23)6-5-16(26-19)12-21-14(2)24/h3-4,11,16H,5-10,12H2,1-2H3,(H,21,24)(H,22,25). The molecule has 1 unspecified atom stereocenters. The highest BCUT2D eigenvalue weighted by atomic mass is 35.5. The fourth-order valence-electron chi connectivity index (χ4n) is 3.66. The summed E-state index contributed by atoms with van der Waals surface area (Å²) >= 11 is 6.12. The van der Waals surface area contributed by atoms with Gasteiger partial charge in [-0.2, -0.15) is 0 Å². The van der Waals surface area contributed by atoms with E-state index in [9.17, 15) is 9.59 Å². The highest BCUT2D eigenvalue weighted by Crippen LogP contribution is 2.38. The summed E-state index contributed by atoms with van der Waals surface area (Å²) in [7, 11) is 0. The highest BCUT2D eigenvalue weighted by molar-refractivity contribution is 6.31. The summed E-state index contributed by atoms with van der Waals surface area (Å²) < 4.78 is 6.22. The Hall–Kier alpha value is -1.79. The molecule has 2 saturated heterocycles. The minimum atomic E-state index is -0.146. The molecular weight excluding hydrogens is 354 g/mol. The van der Waals surface area contributed by atoms with Crippen molar-refractivity contribution in [2.45, 2.75) is 51.2 Å². The molecule has 1 atom stereocenters. The maximum atomic E-state index is 12.5. The molecular formula is C19H26ClN3O3. The molecule has 3 rings (SSSR count). The van der Waals surface area contributed by atoms with Crippen molar-refractivity contribution < 1.29 is 14.3 Å². The van der Waals surface area contributed by atoms with E-state index in [1.807, 2.05) is 24.0 Å². The first kappa shape index (κ1) is 19.0. The van der Waals surface area contributed by atoms with Crippen molar-refractivity contribution >= 4 is 29.2 Å². The van der Waals surface area contributed by atoms with Gasteiger partial charge in [-0.15, -0.1) is 0 Å². The molecule has 6 nitrogen and oxygen atoms in total. The van der Waals surface area contributed by atoms with Gasteiger partial charge in [0, 0.05) is 37.3 Å². The molecule has 2 aliphatic rings. The van der Waals surface area contributed by atoms with E-state index in [-0.39, 0.29) is 23.6 Å². The zero-order valence-corrected chi connectivity index (χ0v) is 16.1. The van der Waals surface area contributed by atoms with Crippen molar-refractivity contribution in [3.63, 3.8) is 0 Å². The zero-order chi connectivity index (χ0) is 18.7. The van der Waals surface area contributed by atoms with E-state index in [2.05, 4.69) is 10.6 Å². The second kappa shape index (κ2) is 7.84. The van der Waals surface area contributed by atoms with Crippen LogP contribution in [0.3, 0.4) is 0 Å². The van der Waals surface area contributed by atoms with E-state index in [0.29, 0.717) is 30.3 Å². The molecule has 0 aliphatic carbocycles. The second-order valence-electron chi connectivity index (χ2n) is 7.28. The molecule has 0 bridgehead atoms. The minimum absolute atomic E-state index is 0.0303. The van der Waals surface area contributed by atoms with Crippen LogP contribution in [0, 0.1) is 6.92 Å². The van der Waals surface area contributed by atoms with Gasteiger partial charge < -0.3 is 20.3 Å². The first-order valence-corrected chi connectivity index (χ1v) is 9.49. The van der Waals surface area contributed by atoms with Gasteiger partial charge in [0.1, 0.15) is 0 Å². The average molecular weight is 380 g/mol. The summed E-state index contributed by atoms with van der Waals surface area (Å²) in [6.07, 6.45) is 3.67. The lowest BCUT2D eigenvalue weighted by Crippen LogP contribution is -2.48. The van der Waals surface area contributed by atoms with Crippen molar-refractivity contribution in [3.05, 3.63) is 28.8 Å². The number of piperidine rings is 1. The van der Waals surface area contributed by atoms with E-state index in [4.69, 9.17) is 16.3 Å². The Morgan fingerprint density at radius 3 is 2.69 bits per heavy atom. The topological polar surface area (TPSA) is 70.7 Å². The summed E-state index contributed by atoms with van der Waals surface area (Å²) in [5.41, 5.74) is 1.54. The number of amides is 3. The number of anilines is 1. The fourth-order valence-corrected chi connectivity index (χ4v) is 3.84. The van der Waals surface area contributed by atoms with Gasteiger partial charge in [-0.1, -0.05) is 17.7 Å². The Balaban J connectivity index is 1.49. The molecule has 2 heterocycles. The van der Waals surface area contributed by atoms with Crippen molar-refractivity contribution in [2.24, 2.45) is 0 Å². The largest absolute Gasteiger partial charge is 0.370 e. The quantitative estimate of drug-likeness (QED) is 0.846. The maximum absolute atomic E-state index is 12.5. The third-order valence-corrected chi connectivity index (χ3v) is 5.71. The zero-order valence-electron chi connectivity index (χ0n) is 15.3. The van der Waals surface area contributed by atoms with E-state index in [1.165, 1.54) is 6.92 Å². The number of likely N-dealkylation sites (tertiary alicyclic amines) is 1. The van der Waals surface area contributed by atoms with Crippen molar-refractivity contribution in [2.75, 3.05) is 25.0 Å². The number of ether oxygens (including phenoxy) is 1. The summed E-state index contributed by atoms with van der Waals surface area (Å²) in [5, 5.41) is 6.38. The van der Waals surface area contributed by atoms with Crippen LogP contribution < -0.4 is 10.6 Å². The molecule has 2 N–H and O–H groups in total. The number of rotatable bonds is 3.